The Balaban J connectivity index is 3.07. The Kier molecular flexibility index (Phi) is 4.53. The van der Waals surface area contributed by atoms with Crippen molar-refractivity contribution in [2.75, 3.05) is 5.32 Å². The van der Waals surface area contributed by atoms with Gasteiger partial charge in [0.1, 0.15) is 17.7 Å². The van der Waals surface area contributed by atoms with Crippen LogP contribution in [0.25, 0.3) is 0 Å². The number of nitrogens with one attached hydrogen (secondary N) is 1. The van der Waals surface area contributed by atoms with Gasteiger partial charge in [-0.05, 0) is 58.4 Å². The number of carbonyl (C=O) groups excluding carboxylic acids is 2. The topological polar surface area (TPSA) is 55.4 Å². The summed E-state index contributed by atoms with van der Waals surface area (Å²) in [5.74, 6) is -0.468. The minimum absolute atomic E-state index is 0.359. The third kappa shape index (κ3) is 4.33. The first-order valence-corrected chi connectivity index (χ1v) is 6.31. The number of benzene rings is 1. The summed E-state index contributed by atoms with van der Waals surface area (Å²) in [7, 11) is 0. The molecule has 0 aromatic heterocycles. The molecule has 1 aromatic carbocycles. The molecule has 0 bridgehead atoms. The Bertz CT molecular complexity index is 518. The van der Waals surface area contributed by atoms with Crippen LogP contribution in [0.15, 0.2) is 18.2 Å². The predicted octanol–water partition coefficient (Wildman–Crippen LogP) is 3.65. The van der Waals surface area contributed by atoms with Gasteiger partial charge in [0, 0.05) is 11.1 Å². The van der Waals surface area contributed by atoms with Gasteiger partial charge in [-0.2, -0.15) is 0 Å². The number of anilines is 1. The molecule has 0 atom stereocenters. The highest BCUT2D eigenvalue weighted by Crippen LogP contribution is 2.29. The lowest BCUT2D eigenvalue weighted by molar-refractivity contribution is -0.111. The molecule has 110 valence electrons. The Morgan fingerprint density at radius 3 is 2.35 bits per heavy atom. The second-order valence-corrected chi connectivity index (χ2v) is 6.16. The molecule has 1 rings (SSSR count). The van der Waals surface area contributed by atoms with Crippen molar-refractivity contribution in [1.29, 1.82) is 0 Å². The van der Waals surface area contributed by atoms with Gasteiger partial charge in [0.25, 0.3) is 0 Å². The van der Waals surface area contributed by atoms with Crippen molar-refractivity contribution in [2.45, 2.75) is 45.6 Å². The van der Waals surface area contributed by atoms with Crippen LogP contribution in [0.1, 0.15) is 40.2 Å². The van der Waals surface area contributed by atoms with Crippen LogP contribution in [-0.4, -0.2) is 18.0 Å². The molecule has 5 heteroatoms. The average molecular weight is 281 g/mol. The normalized spacial score (nSPS) is 11.9. The summed E-state index contributed by atoms with van der Waals surface area (Å²) in [4.78, 5) is 22.9. The molecular formula is C15H20FNO3. The van der Waals surface area contributed by atoms with Crippen molar-refractivity contribution in [2.24, 2.45) is 0 Å². The molecule has 1 N–H and O–H groups in total. The number of halogens is 1. The lowest BCUT2D eigenvalue weighted by Gasteiger charge is -2.24. The van der Waals surface area contributed by atoms with E-state index in [1.165, 1.54) is 18.2 Å². The van der Waals surface area contributed by atoms with Crippen LogP contribution < -0.4 is 5.32 Å². The molecule has 0 aliphatic heterocycles. The van der Waals surface area contributed by atoms with Gasteiger partial charge < -0.3 is 9.53 Å². The SMILES string of the molecule is CC(C)(C)OC(=O)Nc1ccc(F)cc1C(C)(C)C=O. The number of amides is 1. The molecule has 0 aliphatic carbocycles. The Morgan fingerprint density at radius 1 is 1.25 bits per heavy atom. The number of aldehydes is 1. The van der Waals surface area contributed by atoms with Crippen molar-refractivity contribution >= 4 is 18.1 Å². The summed E-state index contributed by atoms with van der Waals surface area (Å²) >= 11 is 0. The van der Waals surface area contributed by atoms with E-state index in [0.29, 0.717) is 17.5 Å². The van der Waals surface area contributed by atoms with E-state index in [2.05, 4.69) is 5.32 Å². The molecule has 0 aliphatic rings. The first-order chi connectivity index (χ1) is 9.05. The first kappa shape index (κ1) is 16.1. The van der Waals surface area contributed by atoms with Crippen LogP contribution in [0.2, 0.25) is 0 Å². The fourth-order valence-electron chi connectivity index (χ4n) is 1.64. The van der Waals surface area contributed by atoms with Crippen LogP contribution in [0.4, 0.5) is 14.9 Å². The molecule has 0 spiro atoms. The van der Waals surface area contributed by atoms with Gasteiger partial charge in [-0.15, -0.1) is 0 Å². The molecule has 4 nitrogen and oxygen atoms in total. The molecule has 0 radical (unpaired) electrons. The first-order valence-electron chi connectivity index (χ1n) is 6.31. The summed E-state index contributed by atoms with van der Waals surface area (Å²) in [6.07, 6.45) is 0.0641. The summed E-state index contributed by atoms with van der Waals surface area (Å²) < 4.78 is 18.5. The number of rotatable bonds is 3. The lowest BCUT2D eigenvalue weighted by atomic mass is 9.85. The molecule has 0 fully saturated rings. The highest BCUT2D eigenvalue weighted by atomic mass is 19.1. The van der Waals surface area contributed by atoms with Crippen molar-refractivity contribution in [3.63, 3.8) is 0 Å². The van der Waals surface area contributed by atoms with E-state index >= 15 is 0 Å². The van der Waals surface area contributed by atoms with Gasteiger partial charge >= 0.3 is 6.09 Å². The third-order valence-electron chi connectivity index (χ3n) is 2.61. The summed E-state index contributed by atoms with van der Waals surface area (Å²) in [6, 6.07) is 3.87. The maximum Gasteiger partial charge on any atom is 0.412 e. The molecule has 0 saturated carbocycles. The highest BCUT2D eigenvalue weighted by molar-refractivity contribution is 5.87. The number of carbonyl (C=O) groups is 2. The molecule has 1 amide bonds. The standard InChI is InChI=1S/C15H20FNO3/c1-14(2,3)20-13(19)17-12-7-6-10(16)8-11(12)15(4,5)9-18/h6-9H,1-5H3,(H,17,19). The fourth-order valence-corrected chi connectivity index (χ4v) is 1.64. The van der Waals surface area contributed by atoms with Crippen molar-refractivity contribution in [1.82, 2.24) is 0 Å². The summed E-state index contributed by atoms with van der Waals surface area (Å²) in [5.41, 5.74) is -0.784. The van der Waals surface area contributed by atoms with Crippen molar-refractivity contribution in [3.05, 3.63) is 29.6 Å². The number of hydrogen-bond acceptors (Lipinski definition) is 3. The quantitative estimate of drug-likeness (QED) is 0.860. The van der Waals surface area contributed by atoms with E-state index in [-0.39, 0.29) is 0 Å². The van der Waals surface area contributed by atoms with Crippen LogP contribution >= 0.6 is 0 Å². The smallest absolute Gasteiger partial charge is 0.412 e. The van der Waals surface area contributed by atoms with Crippen LogP contribution in [0.5, 0.6) is 0 Å². The Morgan fingerprint density at radius 2 is 1.85 bits per heavy atom. The molecule has 0 saturated heterocycles. The van der Waals surface area contributed by atoms with Gasteiger partial charge in [0.15, 0.2) is 0 Å². The van der Waals surface area contributed by atoms with E-state index in [1.807, 2.05) is 0 Å². The highest BCUT2D eigenvalue weighted by Gasteiger charge is 2.25. The van der Waals surface area contributed by atoms with E-state index < -0.39 is 22.9 Å². The van der Waals surface area contributed by atoms with E-state index in [9.17, 15) is 14.0 Å². The van der Waals surface area contributed by atoms with Gasteiger partial charge in [-0.3, -0.25) is 5.32 Å². The Labute approximate surface area is 118 Å². The Hall–Kier alpha value is -1.91. The zero-order chi connectivity index (χ0) is 15.6. The van der Waals surface area contributed by atoms with Crippen molar-refractivity contribution < 1.29 is 18.7 Å². The molecule has 0 unspecified atom stereocenters. The molecule has 1 aromatic rings. The fraction of sp³-hybridized carbons (Fsp3) is 0.467. The van der Waals surface area contributed by atoms with E-state index in [1.54, 1.807) is 34.6 Å². The van der Waals surface area contributed by atoms with Gasteiger partial charge in [0.2, 0.25) is 0 Å². The molecule has 0 heterocycles. The van der Waals surface area contributed by atoms with Gasteiger partial charge in [-0.1, -0.05) is 0 Å². The minimum atomic E-state index is -0.910. The lowest BCUT2D eigenvalue weighted by Crippen LogP contribution is -2.29. The maximum atomic E-state index is 13.4. The third-order valence-corrected chi connectivity index (χ3v) is 2.61. The zero-order valence-electron chi connectivity index (χ0n) is 12.4. The van der Waals surface area contributed by atoms with E-state index in [4.69, 9.17) is 4.74 Å². The number of ether oxygens (including phenoxy) is 1. The minimum Gasteiger partial charge on any atom is -0.444 e. The van der Waals surface area contributed by atoms with Gasteiger partial charge in [-0.25, -0.2) is 9.18 Å². The zero-order valence-corrected chi connectivity index (χ0v) is 12.4. The van der Waals surface area contributed by atoms with Crippen LogP contribution in [-0.2, 0) is 14.9 Å². The second-order valence-electron chi connectivity index (χ2n) is 6.16. The monoisotopic (exact) mass is 281 g/mol. The predicted molar refractivity (Wildman–Crippen MR) is 75.3 cm³/mol. The van der Waals surface area contributed by atoms with Crippen molar-refractivity contribution in [3.8, 4) is 0 Å². The maximum absolute atomic E-state index is 13.4. The van der Waals surface area contributed by atoms with E-state index in [0.717, 1.165) is 0 Å². The second kappa shape index (κ2) is 5.61. The largest absolute Gasteiger partial charge is 0.444 e. The molecule has 20 heavy (non-hydrogen) atoms. The summed E-state index contributed by atoms with van der Waals surface area (Å²) in [5, 5.41) is 2.55. The van der Waals surface area contributed by atoms with Crippen LogP contribution in [0.3, 0.4) is 0 Å². The summed E-state index contributed by atoms with van der Waals surface area (Å²) in [6.45, 7) is 8.53. The van der Waals surface area contributed by atoms with Crippen LogP contribution in [0, 0.1) is 5.82 Å². The molecular weight excluding hydrogens is 261 g/mol. The average Bonchev–Trinajstić information content (AvgIpc) is 2.29. The van der Waals surface area contributed by atoms with Gasteiger partial charge in [0.05, 0.1) is 0 Å². The number of hydrogen-bond donors (Lipinski definition) is 1.